The van der Waals surface area contributed by atoms with Crippen molar-refractivity contribution in [3.05, 3.63) is 23.8 Å². The second-order valence-electron chi connectivity index (χ2n) is 5.22. The molecule has 22 heavy (non-hydrogen) atoms. The quantitative estimate of drug-likeness (QED) is 0.866. The summed E-state index contributed by atoms with van der Waals surface area (Å²) < 4.78 is 34.8. The Bertz CT molecular complexity index is 463. The molecule has 2 rings (SSSR count). The third-order valence-electron chi connectivity index (χ3n) is 3.79. The Labute approximate surface area is 136 Å². The summed E-state index contributed by atoms with van der Waals surface area (Å²) in [5.41, 5.74) is 0.728. The zero-order chi connectivity index (χ0) is 15.2. The van der Waals surface area contributed by atoms with Gasteiger partial charge < -0.3 is 14.8 Å². The zero-order valence-corrected chi connectivity index (χ0v) is 13.7. The van der Waals surface area contributed by atoms with Gasteiger partial charge >= 0.3 is 6.61 Å². The molecule has 1 heterocycles. The summed E-state index contributed by atoms with van der Waals surface area (Å²) >= 11 is 0. The minimum Gasteiger partial charge on any atom is -0.497 e. The largest absolute Gasteiger partial charge is 0.497 e. The normalized spacial score (nSPS) is 18.9. The molecule has 0 spiro atoms. The molecule has 1 N–H and O–H groups in total. The van der Waals surface area contributed by atoms with Crippen molar-refractivity contribution in [3.8, 4) is 11.5 Å². The van der Waals surface area contributed by atoms with E-state index in [2.05, 4.69) is 15.0 Å². The summed E-state index contributed by atoms with van der Waals surface area (Å²) in [4.78, 5) is 2.25. The predicted molar refractivity (Wildman–Crippen MR) is 84.2 cm³/mol. The van der Waals surface area contributed by atoms with Crippen molar-refractivity contribution in [1.29, 1.82) is 0 Å². The van der Waals surface area contributed by atoms with Gasteiger partial charge in [0.2, 0.25) is 0 Å². The Kier molecular flexibility index (Phi) is 7.85. The van der Waals surface area contributed by atoms with Crippen molar-refractivity contribution in [2.75, 3.05) is 27.2 Å². The number of hydrogen-bond acceptors (Lipinski definition) is 4. The third kappa shape index (κ3) is 5.26. The molecule has 126 valence electrons. The highest BCUT2D eigenvalue weighted by molar-refractivity contribution is 5.85. The fourth-order valence-corrected chi connectivity index (χ4v) is 2.69. The monoisotopic (exact) mass is 336 g/mol. The molecule has 1 unspecified atom stereocenters. The second kappa shape index (κ2) is 9.12. The molecule has 1 aromatic rings. The van der Waals surface area contributed by atoms with Gasteiger partial charge in [-0.05, 0) is 44.6 Å². The van der Waals surface area contributed by atoms with Crippen LogP contribution in [-0.2, 0) is 6.54 Å². The molecule has 4 nitrogen and oxygen atoms in total. The molecule has 1 saturated heterocycles. The molecule has 1 aromatic carbocycles. The molecular formula is C15H23ClF2N2O2. The Morgan fingerprint density at radius 2 is 2.18 bits per heavy atom. The van der Waals surface area contributed by atoms with Crippen LogP contribution < -0.4 is 14.8 Å². The number of hydrogen-bond donors (Lipinski definition) is 1. The lowest BCUT2D eigenvalue weighted by Crippen LogP contribution is -2.43. The van der Waals surface area contributed by atoms with Crippen molar-refractivity contribution in [2.24, 2.45) is 0 Å². The molecule has 1 aliphatic rings. The van der Waals surface area contributed by atoms with Crippen LogP contribution in [0.15, 0.2) is 18.2 Å². The number of rotatable bonds is 6. The number of likely N-dealkylation sites (N-methyl/N-ethyl adjacent to an activating group) is 1. The number of alkyl halides is 2. The highest BCUT2D eigenvalue weighted by atomic mass is 35.5. The summed E-state index contributed by atoms with van der Waals surface area (Å²) in [5, 5.41) is 3.27. The zero-order valence-electron chi connectivity index (χ0n) is 12.9. The van der Waals surface area contributed by atoms with E-state index in [4.69, 9.17) is 4.74 Å². The maximum absolute atomic E-state index is 12.5. The van der Waals surface area contributed by atoms with Crippen molar-refractivity contribution in [1.82, 2.24) is 10.2 Å². The minimum absolute atomic E-state index is 0. The summed E-state index contributed by atoms with van der Waals surface area (Å²) in [5.74, 6) is 0.867. The highest BCUT2D eigenvalue weighted by Crippen LogP contribution is 2.27. The number of ether oxygens (including phenoxy) is 2. The molecule has 0 aliphatic carbocycles. The smallest absolute Gasteiger partial charge is 0.387 e. The van der Waals surface area contributed by atoms with Gasteiger partial charge in [-0.3, -0.25) is 4.90 Å². The Morgan fingerprint density at radius 3 is 2.82 bits per heavy atom. The van der Waals surface area contributed by atoms with Crippen molar-refractivity contribution in [2.45, 2.75) is 32.0 Å². The molecule has 0 amide bonds. The molecule has 7 heteroatoms. The Hall–Kier alpha value is -1.11. The van der Waals surface area contributed by atoms with E-state index in [1.54, 1.807) is 25.3 Å². The van der Waals surface area contributed by atoms with E-state index in [1.165, 1.54) is 0 Å². The number of piperidine rings is 1. The van der Waals surface area contributed by atoms with Crippen LogP contribution in [0.2, 0.25) is 0 Å². The van der Waals surface area contributed by atoms with E-state index in [0.717, 1.165) is 31.5 Å². The average Bonchev–Trinajstić information content (AvgIpc) is 2.48. The first kappa shape index (κ1) is 18.9. The first-order valence-corrected chi connectivity index (χ1v) is 7.13. The highest BCUT2D eigenvalue weighted by Gasteiger charge is 2.20. The van der Waals surface area contributed by atoms with Gasteiger partial charge in [-0.25, -0.2) is 0 Å². The van der Waals surface area contributed by atoms with Crippen LogP contribution >= 0.6 is 12.4 Å². The van der Waals surface area contributed by atoms with Gasteiger partial charge in [-0.2, -0.15) is 8.78 Å². The fourth-order valence-electron chi connectivity index (χ4n) is 2.69. The van der Waals surface area contributed by atoms with Crippen LogP contribution in [0, 0.1) is 0 Å². The van der Waals surface area contributed by atoms with E-state index < -0.39 is 6.61 Å². The molecule has 1 atom stereocenters. The van der Waals surface area contributed by atoms with Crippen molar-refractivity contribution < 1.29 is 18.3 Å². The molecule has 1 fully saturated rings. The number of benzene rings is 1. The summed E-state index contributed by atoms with van der Waals surface area (Å²) in [6.45, 7) is -0.369. The van der Waals surface area contributed by atoms with Crippen LogP contribution in [0.25, 0.3) is 0 Å². The second-order valence-corrected chi connectivity index (χ2v) is 5.22. The van der Waals surface area contributed by atoms with Crippen LogP contribution in [0.5, 0.6) is 11.5 Å². The van der Waals surface area contributed by atoms with Gasteiger partial charge in [0.15, 0.2) is 0 Å². The first-order valence-electron chi connectivity index (χ1n) is 7.13. The Morgan fingerprint density at radius 1 is 1.41 bits per heavy atom. The standard InChI is InChI=1S/C15H22F2N2O2.ClH/c1-18-12-4-3-7-19(10-12)9-11-8-13(20-2)5-6-14(11)21-15(16)17;/h5-6,8,12,15,18H,3-4,7,9-10H2,1-2H3;1H. The number of nitrogens with one attached hydrogen (secondary N) is 1. The van der Waals surface area contributed by atoms with Gasteiger partial charge in [0.25, 0.3) is 0 Å². The third-order valence-corrected chi connectivity index (χ3v) is 3.79. The molecule has 0 saturated carbocycles. The number of methoxy groups -OCH3 is 1. The van der Waals surface area contributed by atoms with Crippen LogP contribution in [-0.4, -0.2) is 44.8 Å². The molecule has 0 radical (unpaired) electrons. The number of halogens is 3. The lowest BCUT2D eigenvalue weighted by molar-refractivity contribution is -0.0508. The summed E-state index contributed by atoms with van der Waals surface area (Å²) in [6, 6.07) is 5.39. The number of nitrogens with zero attached hydrogens (tertiary/aromatic N) is 1. The predicted octanol–water partition coefficient (Wildman–Crippen LogP) is 2.90. The van der Waals surface area contributed by atoms with Gasteiger partial charge in [0.05, 0.1) is 7.11 Å². The lowest BCUT2D eigenvalue weighted by Gasteiger charge is -2.32. The topological polar surface area (TPSA) is 33.7 Å². The average molecular weight is 337 g/mol. The van der Waals surface area contributed by atoms with Crippen molar-refractivity contribution >= 4 is 12.4 Å². The van der Waals surface area contributed by atoms with E-state index in [0.29, 0.717) is 18.3 Å². The van der Waals surface area contributed by atoms with Crippen molar-refractivity contribution in [3.63, 3.8) is 0 Å². The van der Waals surface area contributed by atoms with Crippen LogP contribution in [0.1, 0.15) is 18.4 Å². The molecule has 0 bridgehead atoms. The Balaban J connectivity index is 0.00000242. The van der Waals surface area contributed by atoms with Crippen LogP contribution in [0.3, 0.4) is 0 Å². The molecule has 1 aliphatic heterocycles. The lowest BCUT2D eigenvalue weighted by atomic mass is 10.0. The van der Waals surface area contributed by atoms with E-state index in [1.807, 2.05) is 7.05 Å². The van der Waals surface area contributed by atoms with Gasteiger partial charge in [-0.1, -0.05) is 0 Å². The van der Waals surface area contributed by atoms with Gasteiger partial charge in [0, 0.05) is 24.7 Å². The van der Waals surface area contributed by atoms with Crippen LogP contribution in [0.4, 0.5) is 8.78 Å². The van der Waals surface area contributed by atoms with E-state index >= 15 is 0 Å². The van der Waals surface area contributed by atoms with E-state index in [-0.39, 0.29) is 18.2 Å². The van der Waals surface area contributed by atoms with Gasteiger partial charge in [0.1, 0.15) is 11.5 Å². The SMILES string of the molecule is CNC1CCCN(Cc2cc(OC)ccc2OC(F)F)C1.Cl. The summed E-state index contributed by atoms with van der Waals surface area (Å²) in [6.07, 6.45) is 2.24. The maximum Gasteiger partial charge on any atom is 0.387 e. The van der Waals surface area contributed by atoms with E-state index in [9.17, 15) is 8.78 Å². The summed E-state index contributed by atoms with van der Waals surface area (Å²) in [7, 11) is 3.51. The number of likely N-dealkylation sites (tertiary alicyclic amines) is 1. The molecule has 0 aromatic heterocycles. The fraction of sp³-hybridized carbons (Fsp3) is 0.600. The van der Waals surface area contributed by atoms with Gasteiger partial charge in [-0.15, -0.1) is 12.4 Å². The maximum atomic E-state index is 12.5. The minimum atomic E-state index is -2.82. The first-order chi connectivity index (χ1) is 10.1. The molecular weight excluding hydrogens is 314 g/mol.